The summed E-state index contributed by atoms with van der Waals surface area (Å²) in [5.74, 6) is 0.0783. The fraction of sp³-hybridized carbons (Fsp3) is 0.500. The van der Waals surface area contributed by atoms with E-state index in [1.807, 2.05) is 41.1 Å². The number of rotatable bonds is 8. The fourth-order valence-electron chi connectivity index (χ4n) is 3.14. The minimum absolute atomic E-state index is 0.0878. The molecule has 0 bridgehead atoms. The standard InChI is InChI=1S/C20H29N3O2/c1-4-13-23(18-7-5-6-8-18)19(24)15-22(3)14-16-9-11-17(12-10-16)20(25)21-2/h7,9-12H,4-6,8,13-15H2,1-3H3,(H,21,25). The lowest BCUT2D eigenvalue weighted by molar-refractivity contribution is -0.130. The zero-order valence-electron chi connectivity index (χ0n) is 15.5. The fourth-order valence-corrected chi connectivity index (χ4v) is 3.14. The van der Waals surface area contributed by atoms with Crippen LogP contribution in [-0.2, 0) is 11.3 Å². The molecule has 1 N–H and O–H groups in total. The smallest absolute Gasteiger partial charge is 0.251 e. The van der Waals surface area contributed by atoms with Crippen LogP contribution < -0.4 is 5.32 Å². The second-order valence-electron chi connectivity index (χ2n) is 6.58. The number of likely N-dealkylation sites (N-methyl/N-ethyl adjacent to an activating group) is 1. The molecule has 1 aliphatic carbocycles. The van der Waals surface area contributed by atoms with E-state index in [-0.39, 0.29) is 11.8 Å². The maximum atomic E-state index is 12.7. The van der Waals surface area contributed by atoms with Crippen molar-refractivity contribution in [2.75, 3.05) is 27.2 Å². The number of nitrogens with one attached hydrogen (secondary N) is 1. The molecular weight excluding hydrogens is 314 g/mol. The summed E-state index contributed by atoms with van der Waals surface area (Å²) in [6.45, 7) is 3.97. The molecular formula is C20H29N3O2. The van der Waals surface area contributed by atoms with Gasteiger partial charge in [0.2, 0.25) is 5.91 Å². The van der Waals surface area contributed by atoms with E-state index < -0.39 is 0 Å². The molecule has 0 fully saturated rings. The van der Waals surface area contributed by atoms with Crippen molar-refractivity contribution in [2.45, 2.75) is 39.2 Å². The molecule has 5 nitrogen and oxygen atoms in total. The van der Waals surface area contributed by atoms with Crippen molar-refractivity contribution >= 4 is 11.8 Å². The number of carbonyl (C=O) groups is 2. The molecule has 136 valence electrons. The van der Waals surface area contributed by atoms with Gasteiger partial charge in [-0.3, -0.25) is 14.5 Å². The third kappa shape index (κ3) is 5.43. The van der Waals surface area contributed by atoms with Gasteiger partial charge in [0.25, 0.3) is 5.91 Å². The monoisotopic (exact) mass is 343 g/mol. The van der Waals surface area contributed by atoms with Crippen molar-refractivity contribution in [3.8, 4) is 0 Å². The molecule has 1 aromatic carbocycles. The lowest BCUT2D eigenvalue weighted by Gasteiger charge is -2.26. The Balaban J connectivity index is 1.92. The summed E-state index contributed by atoms with van der Waals surface area (Å²) >= 11 is 0. The number of benzene rings is 1. The van der Waals surface area contributed by atoms with Gasteiger partial charge in [0.1, 0.15) is 0 Å². The lowest BCUT2D eigenvalue weighted by atomic mass is 10.1. The Morgan fingerprint density at radius 3 is 2.48 bits per heavy atom. The average molecular weight is 343 g/mol. The number of hydrogen-bond acceptors (Lipinski definition) is 3. The molecule has 2 amide bonds. The van der Waals surface area contributed by atoms with E-state index in [2.05, 4.69) is 18.3 Å². The molecule has 5 heteroatoms. The van der Waals surface area contributed by atoms with Gasteiger partial charge in [-0.15, -0.1) is 0 Å². The zero-order valence-corrected chi connectivity index (χ0v) is 15.5. The Morgan fingerprint density at radius 2 is 1.92 bits per heavy atom. The van der Waals surface area contributed by atoms with Gasteiger partial charge >= 0.3 is 0 Å². The minimum Gasteiger partial charge on any atom is -0.355 e. The molecule has 0 heterocycles. The van der Waals surface area contributed by atoms with E-state index in [1.54, 1.807) is 7.05 Å². The summed E-state index contributed by atoms with van der Waals surface area (Å²) in [4.78, 5) is 28.3. The van der Waals surface area contributed by atoms with Crippen molar-refractivity contribution in [1.29, 1.82) is 0 Å². The molecule has 1 aromatic rings. The summed E-state index contributed by atoms with van der Waals surface area (Å²) in [7, 11) is 3.58. The molecule has 0 saturated heterocycles. The van der Waals surface area contributed by atoms with E-state index in [0.717, 1.165) is 37.8 Å². The SMILES string of the molecule is CCCN(C(=O)CN(C)Cc1ccc(C(=O)NC)cc1)C1=CCCC1. The summed E-state index contributed by atoms with van der Waals surface area (Å²) in [6.07, 6.45) is 6.40. The maximum Gasteiger partial charge on any atom is 0.251 e. The Kier molecular flexibility index (Phi) is 7.19. The summed E-state index contributed by atoms with van der Waals surface area (Å²) in [5.41, 5.74) is 2.92. The molecule has 0 aliphatic heterocycles. The number of amides is 2. The highest BCUT2D eigenvalue weighted by Crippen LogP contribution is 2.22. The van der Waals surface area contributed by atoms with Gasteiger partial charge in [-0.25, -0.2) is 0 Å². The maximum absolute atomic E-state index is 12.7. The van der Waals surface area contributed by atoms with E-state index in [1.165, 1.54) is 5.70 Å². The quantitative estimate of drug-likeness (QED) is 0.790. The largest absolute Gasteiger partial charge is 0.355 e. The number of nitrogens with zero attached hydrogens (tertiary/aromatic N) is 2. The van der Waals surface area contributed by atoms with E-state index in [0.29, 0.717) is 18.7 Å². The average Bonchev–Trinajstić information content (AvgIpc) is 3.13. The van der Waals surface area contributed by atoms with Gasteiger partial charge in [-0.2, -0.15) is 0 Å². The zero-order chi connectivity index (χ0) is 18.2. The minimum atomic E-state index is -0.0878. The number of allylic oxidation sites excluding steroid dienone is 2. The Labute approximate surface area is 150 Å². The van der Waals surface area contributed by atoms with Crippen LogP contribution in [0.3, 0.4) is 0 Å². The van der Waals surface area contributed by atoms with Gasteiger partial charge in [0.05, 0.1) is 6.54 Å². The molecule has 25 heavy (non-hydrogen) atoms. The predicted molar refractivity (Wildman–Crippen MR) is 100 cm³/mol. The van der Waals surface area contributed by atoms with Crippen LogP contribution in [-0.4, -0.2) is 48.8 Å². The van der Waals surface area contributed by atoms with Crippen LogP contribution in [0.15, 0.2) is 36.0 Å². The van der Waals surface area contributed by atoms with Crippen molar-refractivity contribution in [2.24, 2.45) is 0 Å². The molecule has 1 aliphatic rings. The van der Waals surface area contributed by atoms with Gasteiger partial charge in [0, 0.05) is 31.4 Å². The highest BCUT2D eigenvalue weighted by Gasteiger charge is 2.20. The second kappa shape index (κ2) is 9.37. The molecule has 0 aromatic heterocycles. The van der Waals surface area contributed by atoms with E-state index in [9.17, 15) is 9.59 Å². The van der Waals surface area contributed by atoms with Crippen LogP contribution in [0.4, 0.5) is 0 Å². The molecule has 0 spiro atoms. The number of carbonyl (C=O) groups excluding carboxylic acids is 2. The highest BCUT2D eigenvalue weighted by atomic mass is 16.2. The van der Waals surface area contributed by atoms with Crippen LogP contribution in [0.5, 0.6) is 0 Å². The van der Waals surface area contributed by atoms with Crippen molar-refractivity contribution < 1.29 is 9.59 Å². The third-order valence-corrected chi connectivity index (χ3v) is 4.41. The van der Waals surface area contributed by atoms with Crippen molar-refractivity contribution in [3.05, 3.63) is 47.2 Å². The predicted octanol–water partition coefficient (Wildman–Crippen LogP) is 2.78. The molecule has 0 atom stereocenters. The van der Waals surface area contributed by atoms with Crippen LogP contribution >= 0.6 is 0 Å². The van der Waals surface area contributed by atoms with Gasteiger partial charge in [0.15, 0.2) is 0 Å². The Morgan fingerprint density at radius 1 is 1.20 bits per heavy atom. The summed E-state index contributed by atoms with van der Waals surface area (Å²) in [6, 6.07) is 7.51. The Hall–Kier alpha value is -2.14. The second-order valence-corrected chi connectivity index (χ2v) is 6.58. The Bertz CT molecular complexity index is 622. The molecule has 0 unspecified atom stereocenters. The normalized spacial score (nSPS) is 13.7. The van der Waals surface area contributed by atoms with Crippen LogP contribution in [0.2, 0.25) is 0 Å². The van der Waals surface area contributed by atoms with E-state index >= 15 is 0 Å². The van der Waals surface area contributed by atoms with Crippen LogP contribution in [0.25, 0.3) is 0 Å². The molecule has 2 rings (SSSR count). The summed E-state index contributed by atoms with van der Waals surface area (Å²) < 4.78 is 0. The van der Waals surface area contributed by atoms with Gasteiger partial charge in [-0.1, -0.05) is 25.1 Å². The topological polar surface area (TPSA) is 52.7 Å². The first-order chi connectivity index (χ1) is 12.0. The molecule has 0 radical (unpaired) electrons. The van der Waals surface area contributed by atoms with Crippen LogP contribution in [0.1, 0.15) is 48.5 Å². The first-order valence-corrected chi connectivity index (χ1v) is 9.04. The van der Waals surface area contributed by atoms with Crippen molar-refractivity contribution in [3.63, 3.8) is 0 Å². The highest BCUT2D eigenvalue weighted by molar-refractivity contribution is 5.93. The number of hydrogen-bond donors (Lipinski definition) is 1. The van der Waals surface area contributed by atoms with Gasteiger partial charge in [-0.05, 0) is 50.4 Å². The molecule has 0 saturated carbocycles. The lowest BCUT2D eigenvalue weighted by Crippen LogP contribution is -2.38. The summed E-state index contributed by atoms with van der Waals surface area (Å²) in [5, 5.41) is 2.61. The first-order valence-electron chi connectivity index (χ1n) is 9.04. The van der Waals surface area contributed by atoms with Gasteiger partial charge < -0.3 is 10.2 Å². The van der Waals surface area contributed by atoms with Crippen LogP contribution in [0, 0.1) is 0 Å². The third-order valence-electron chi connectivity index (χ3n) is 4.41. The van der Waals surface area contributed by atoms with E-state index in [4.69, 9.17) is 0 Å². The first kappa shape index (κ1) is 19.2. The van der Waals surface area contributed by atoms with Crippen molar-refractivity contribution in [1.82, 2.24) is 15.1 Å².